The molecule has 4 aromatic carbocycles. The second kappa shape index (κ2) is 18.9. The van der Waals surface area contributed by atoms with E-state index in [1.807, 2.05) is 77.7 Å². The standard InChI is InChI=1S/C50H47N7O4/c1-61-50(60)45-35-55(26-28-57(45)48(58)41-21-12-24-52-31-41)47(38-17-9-4-10-18-38)40-20-11-19-39(29-40)42-30-43(33-53-32-42)49(59)56-27-25-54(34-44(56)22-23-51)46(36-13-5-2-6-14-36)37-15-7-3-8-16-37/h2-21,24,29-33,44-47H,22,25-28,34-35H2,1H3/t44-,45?,47?/m0/s1. The van der Waals surface area contributed by atoms with Crippen molar-refractivity contribution in [3.05, 3.63) is 192 Å². The highest BCUT2D eigenvalue weighted by Gasteiger charge is 2.40. The van der Waals surface area contributed by atoms with Crippen molar-refractivity contribution in [2.24, 2.45) is 0 Å². The fourth-order valence-electron chi connectivity index (χ4n) is 8.84. The van der Waals surface area contributed by atoms with E-state index < -0.39 is 12.0 Å². The highest BCUT2D eigenvalue weighted by atomic mass is 16.5. The van der Waals surface area contributed by atoms with Gasteiger partial charge in [-0.1, -0.05) is 109 Å². The number of ether oxygens (including phenoxy) is 1. The quantitative estimate of drug-likeness (QED) is 0.127. The molecule has 8 rings (SSSR count). The molecule has 0 N–H and O–H groups in total. The van der Waals surface area contributed by atoms with E-state index in [0.717, 1.165) is 22.3 Å². The number of hydrogen-bond donors (Lipinski definition) is 0. The Labute approximate surface area is 356 Å². The van der Waals surface area contributed by atoms with Gasteiger partial charge in [0.2, 0.25) is 0 Å². The molecule has 0 radical (unpaired) electrons. The SMILES string of the molecule is COC(=O)C1CN(C(c2ccccc2)c2cccc(-c3cncc(C(=O)N4CCN(C(c5ccccc5)c5ccccc5)C[C@@H]4CC#N)c3)c2)CCN1C(=O)c1cccnc1. The van der Waals surface area contributed by atoms with Gasteiger partial charge < -0.3 is 14.5 Å². The molecule has 2 aromatic heterocycles. The molecule has 0 bridgehead atoms. The van der Waals surface area contributed by atoms with Crippen molar-refractivity contribution in [3.63, 3.8) is 0 Å². The van der Waals surface area contributed by atoms with Gasteiger partial charge in [-0.2, -0.15) is 5.26 Å². The molecule has 2 unspecified atom stereocenters. The molecule has 3 atom stereocenters. The summed E-state index contributed by atoms with van der Waals surface area (Å²) in [5.41, 5.74) is 6.86. The van der Waals surface area contributed by atoms with E-state index in [1.54, 1.807) is 35.6 Å². The molecule has 61 heavy (non-hydrogen) atoms. The second-order valence-corrected chi connectivity index (χ2v) is 15.4. The van der Waals surface area contributed by atoms with E-state index in [9.17, 15) is 19.6 Å². The van der Waals surface area contributed by atoms with Crippen LogP contribution >= 0.6 is 0 Å². The number of methoxy groups -OCH3 is 1. The van der Waals surface area contributed by atoms with Gasteiger partial charge in [-0.3, -0.25) is 29.4 Å². The summed E-state index contributed by atoms with van der Waals surface area (Å²) in [7, 11) is 1.34. The van der Waals surface area contributed by atoms with Gasteiger partial charge in [-0.25, -0.2) is 4.79 Å². The van der Waals surface area contributed by atoms with Gasteiger partial charge in [0, 0.05) is 69.6 Å². The Morgan fingerprint density at radius 3 is 1.80 bits per heavy atom. The lowest BCUT2D eigenvalue weighted by atomic mass is 9.92. The van der Waals surface area contributed by atoms with Gasteiger partial charge in [0.15, 0.2) is 0 Å². The van der Waals surface area contributed by atoms with Crippen LogP contribution in [-0.4, -0.2) is 106 Å². The van der Waals surface area contributed by atoms with Crippen LogP contribution in [0.4, 0.5) is 0 Å². The maximum Gasteiger partial charge on any atom is 0.329 e. The summed E-state index contributed by atoms with van der Waals surface area (Å²) < 4.78 is 5.24. The van der Waals surface area contributed by atoms with Crippen LogP contribution in [-0.2, 0) is 9.53 Å². The number of amides is 2. The third-order valence-corrected chi connectivity index (χ3v) is 11.8. The summed E-state index contributed by atoms with van der Waals surface area (Å²) in [6.07, 6.45) is 6.69. The van der Waals surface area contributed by atoms with Crippen molar-refractivity contribution >= 4 is 17.8 Å². The zero-order chi connectivity index (χ0) is 42.1. The van der Waals surface area contributed by atoms with Gasteiger partial charge in [0.1, 0.15) is 6.04 Å². The van der Waals surface area contributed by atoms with E-state index in [1.165, 1.54) is 24.4 Å². The van der Waals surface area contributed by atoms with E-state index in [2.05, 4.69) is 74.4 Å². The average Bonchev–Trinajstić information content (AvgIpc) is 3.32. The normalized spacial score (nSPS) is 17.7. The van der Waals surface area contributed by atoms with Crippen LogP contribution < -0.4 is 0 Å². The van der Waals surface area contributed by atoms with Crippen molar-refractivity contribution in [2.45, 2.75) is 30.6 Å². The zero-order valence-electron chi connectivity index (χ0n) is 34.0. The summed E-state index contributed by atoms with van der Waals surface area (Å²) in [6.45, 7) is 2.72. The van der Waals surface area contributed by atoms with Gasteiger partial charge in [0.25, 0.3) is 11.8 Å². The maximum absolute atomic E-state index is 14.4. The Bertz CT molecular complexity index is 2440. The number of esters is 1. The number of hydrogen-bond acceptors (Lipinski definition) is 9. The van der Waals surface area contributed by atoms with Crippen molar-refractivity contribution in [1.29, 1.82) is 5.26 Å². The van der Waals surface area contributed by atoms with Crippen LogP contribution in [0, 0.1) is 11.3 Å². The Kier molecular flexibility index (Phi) is 12.7. The smallest absolute Gasteiger partial charge is 0.329 e. The number of rotatable bonds is 11. The molecule has 2 aliphatic rings. The van der Waals surface area contributed by atoms with Crippen LogP contribution in [0.15, 0.2) is 158 Å². The first-order chi connectivity index (χ1) is 29.9. The first kappa shape index (κ1) is 40.8. The van der Waals surface area contributed by atoms with E-state index in [0.29, 0.717) is 43.9 Å². The van der Waals surface area contributed by atoms with Gasteiger partial charge in [-0.15, -0.1) is 0 Å². The Hall–Kier alpha value is -7.00. The predicted octanol–water partition coefficient (Wildman–Crippen LogP) is 7.06. The fourth-order valence-corrected chi connectivity index (χ4v) is 8.84. The highest BCUT2D eigenvalue weighted by Crippen LogP contribution is 2.35. The molecule has 2 fully saturated rings. The molecular formula is C50H47N7O4. The molecule has 11 heteroatoms. The molecule has 6 aromatic rings. The van der Waals surface area contributed by atoms with Gasteiger partial charge in [-0.05, 0) is 52.1 Å². The summed E-state index contributed by atoms with van der Waals surface area (Å²) in [5, 5.41) is 9.96. The second-order valence-electron chi connectivity index (χ2n) is 15.4. The molecule has 0 saturated carbocycles. The minimum Gasteiger partial charge on any atom is -0.467 e. The summed E-state index contributed by atoms with van der Waals surface area (Å²) >= 11 is 0. The minimum absolute atomic E-state index is 0.0117. The number of benzene rings is 4. The Morgan fingerprint density at radius 2 is 1.20 bits per heavy atom. The lowest BCUT2D eigenvalue weighted by Crippen LogP contribution is -2.59. The molecule has 2 amide bonds. The number of nitriles is 1. The molecule has 0 aliphatic carbocycles. The summed E-state index contributed by atoms with van der Waals surface area (Å²) in [4.78, 5) is 58.0. The topological polar surface area (TPSA) is 123 Å². The van der Waals surface area contributed by atoms with E-state index in [-0.39, 0.29) is 42.9 Å². The van der Waals surface area contributed by atoms with Crippen LogP contribution in [0.25, 0.3) is 11.1 Å². The maximum atomic E-state index is 14.4. The first-order valence-corrected chi connectivity index (χ1v) is 20.6. The van der Waals surface area contributed by atoms with Crippen LogP contribution in [0.2, 0.25) is 0 Å². The Balaban J connectivity index is 1.05. The van der Waals surface area contributed by atoms with Crippen LogP contribution in [0.5, 0.6) is 0 Å². The largest absolute Gasteiger partial charge is 0.467 e. The van der Waals surface area contributed by atoms with Gasteiger partial charge in [0.05, 0.1) is 48.9 Å². The predicted molar refractivity (Wildman–Crippen MR) is 232 cm³/mol. The number of piperazine rings is 2. The number of carbonyl (C=O) groups excluding carboxylic acids is 3. The Morgan fingerprint density at radius 1 is 0.623 bits per heavy atom. The van der Waals surface area contributed by atoms with Crippen molar-refractivity contribution in [2.75, 3.05) is 46.4 Å². The lowest BCUT2D eigenvalue weighted by Gasteiger charge is -2.44. The van der Waals surface area contributed by atoms with E-state index >= 15 is 0 Å². The third kappa shape index (κ3) is 8.97. The minimum atomic E-state index is -0.831. The highest BCUT2D eigenvalue weighted by molar-refractivity contribution is 5.97. The zero-order valence-corrected chi connectivity index (χ0v) is 34.0. The molecule has 2 saturated heterocycles. The molecular weight excluding hydrogens is 763 g/mol. The molecule has 306 valence electrons. The number of nitrogens with zero attached hydrogens (tertiary/aromatic N) is 7. The number of pyridine rings is 2. The van der Waals surface area contributed by atoms with Crippen molar-refractivity contribution in [3.8, 4) is 17.2 Å². The molecule has 11 nitrogen and oxygen atoms in total. The summed E-state index contributed by atoms with van der Waals surface area (Å²) in [5.74, 6) is -0.912. The third-order valence-electron chi connectivity index (χ3n) is 11.8. The average molecular weight is 810 g/mol. The lowest BCUT2D eigenvalue weighted by molar-refractivity contribution is -0.148. The fraction of sp³-hybridized carbons (Fsp3) is 0.240. The summed E-state index contributed by atoms with van der Waals surface area (Å²) in [6, 6.07) is 45.2. The van der Waals surface area contributed by atoms with Crippen LogP contribution in [0.1, 0.15) is 61.5 Å². The molecule has 4 heterocycles. The molecule has 0 spiro atoms. The van der Waals surface area contributed by atoms with E-state index in [4.69, 9.17) is 4.74 Å². The van der Waals surface area contributed by atoms with Crippen molar-refractivity contribution < 1.29 is 19.1 Å². The molecule has 2 aliphatic heterocycles. The first-order valence-electron chi connectivity index (χ1n) is 20.6. The van der Waals surface area contributed by atoms with Gasteiger partial charge >= 0.3 is 5.97 Å². The number of aromatic nitrogens is 2. The monoisotopic (exact) mass is 809 g/mol. The van der Waals surface area contributed by atoms with Crippen molar-refractivity contribution in [1.82, 2.24) is 29.6 Å². The number of carbonyl (C=O) groups is 3. The van der Waals surface area contributed by atoms with Crippen LogP contribution in [0.3, 0.4) is 0 Å².